The van der Waals surface area contributed by atoms with E-state index in [4.69, 9.17) is 5.73 Å². The van der Waals surface area contributed by atoms with Crippen molar-refractivity contribution in [1.82, 2.24) is 9.80 Å². The molecule has 2 atom stereocenters. The molecule has 2 N–H and O–H groups in total. The Kier molecular flexibility index (Phi) is 3.79. The van der Waals surface area contributed by atoms with Crippen LogP contribution in [-0.2, 0) is 0 Å². The van der Waals surface area contributed by atoms with Crippen LogP contribution in [0.3, 0.4) is 0 Å². The maximum atomic E-state index is 9.36. The number of nitriles is 1. The predicted octanol–water partition coefficient (Wildman–Crippen LogP) is 1.18. The Morgan fingerprint density at radius 3 is 2.47 bits per heavy atom. The molecule has 0 aromatic heterocycles. The zero-order valence-corrected chi connectivity index (χ0v) is 11.9. The molecule has 3 fully saturated rings. The van der Waals surface area contributed by atoms with Gasteiger partial charge in [-0.3, -0.25) is 9.80 Å². The first kappa shape index (κ1) is 13.4. The first-order chi connectivity index (χ1) is 9.21. The highest BCUT2D eigenvalue weighted by atomic mass is 15.3. The second kappa shape index (κ2) is 5.40. The Balaban J connectivity index is 1.52. The molecule has 0 radical (unpaired) electrons. The number of rotatable bonds is 4. The average molecular weight is 262 g/mol. The van der Waals surface area contributed by atoms with Gasteiger partial charge in [-0.1, -0.05) is 6.42 Å². The van der Waals surface area contributed by atoms with E-state index in [1.807, 2.05) is 0 Å². The second-order valence-electron chi connectivity index (χ2n) is 6.70. The number of hydrogen-bond donors (Lipinski definition) is 1. The van der Waals surface area contributed by atoms with Crippen molar-refractivity contribution in [3.8, 4) is 6.07 Å². The highest BCUT2D eigenvalue weighted by Gasteiger charge is 2.44. The normalized spacial score (nSPS) is 32.9. The smallest absolute Gasteiger partial charge is 0.119 e. The molecule has 2 heterocycles. The third-order valence-corrected chi connectivity index (χ3v) is 5.15. The van der Waals surface area contributed by atoms with Crippen molar-refractivity contribution in [3.63, 3.8) is 0 Å². The number of nitrogens with two attached hydrogens (primary N) is 1. The Morgan fingerprint density at radius 2 is 1.84 bits per heavy atom. The maximum absolute atomic E-state index is 9.36. The predicted molar refractivity (Wildman–Crippen MR) is 75.5 cm³/mol. The van der Waals surface area contributed by atoms with Crippen LogP contribution in [0.1, 0.15) is 38.5 Å². The summed E-state index contributed by atoms with van der Waals surface area (Å²) in [6.45, 7) is 5.56. The number of likely N-dealkylation sites (tertiary alicyclic amines) is 2. The SMILES string of the molecule is N#CC(N)(CN1CCC(N2CCCCC2)C1)C1CC1. The largest absolute Gasteiger partial charge is 0.312 e. The van der Waals surface area contributed by atoms with Crippen molar-refractivity contribution in [2.24, 2.45) is 11.7 Å². The van der Waals surface area contributed by atoms with Crippen molar-refractivity contribution in [2.75, 3.05) is 32.7 Å². The molecule has 0 amide bonds. The molecule has 106 valence electrons. The number of piperidine rings is 1. The van der Waals surface area contributed by atoms with E-state index in [-0.39, 0.29) is 0 Å². The summed E-state index contributed by atoms with van der Waals surface area (Å²) >= 11 is 0. The van der Waals surface area contributed by atoms with Crippen LogP contribution in [0.15, 0.2) is 0 Å². The third-order valence-electron chi connectivity index (χ3n) is 5.15. The van der Waals surface area contributed by atoms with Crippen molar-refractivity contribution >= 4 is 0 Å². The quantitative estimate of drug-likeness (QED) is 0.826. The summed E-state index contributed by atoms with van der Waals surface area (Å²) in [7, 11) is 0. The third kappa shape index (κ3) is 2.94. The van der Waals surface area contributed by atoms with Crippen LogP contribution < -0.4 is 5.73 Å². The first-order valence-corrected chi connectivity index (χ1v) is 7.88. The van der Waals surface area contributed by atoms with Crippen LogP contribution in [0, 0.1) is 17.2 Å². The molecule has 1 aliphatic carbocycles. The molecule has 0 spiro atoms. The molecule has 0 aromatic carbocycles. The summed E-state index contributed by atoms with van der Waals surface area (Å²) in [6.07, 6.45) is 7.66. The average Bonchev–Trinajstić information content (AvgIpc) is 3.21. The Labute approximate surface area is 116 Å². The fourth-order valence-electron chi connectivity index (χ4n) is 3.76. The second-order valence-corrected chi connectivity index (χ2v) is 6.70. The highest BCUT2D eigenvalue weighted by molar-refractivity contribution is 5.15. The zero-order chi connectivity index (χ0) is 13.3. The number of nitrogens with zero attached hydrogens (tertiary/aromatic N) is 3. The lowest BCUT2D eigenvalue weighted by Crippen LogP contribution is -2.51. The van der Waals surface area contributed by atoms with Gasteiger partial charge in [-0.2, -0.15) is 5.26 Å². The van der Waals surface area contributed by atoms with Gasteiger partial charge < -0.3 is 5.73 Å². The molecule has 0 bridgehead atoms. The summed E-state index contributed by atoms with van der Waals surface area (Å²) in [5.41, 5.74) is 5.70. The van der Waals surface area contributed by atoms with E-state index in [2.05, 4.69) is 15.9 Å². The molecule has 0 aromatic rings. The van der Waals surface area contributed by atoms with Crippen LogP contribution in [0.25, 0.3) is 0 Å². The van der Waals surface area contributed by atoms with E-state index in [1.54, 1.807) is 0 Å². The van der Waals surface area contributed by atoms with Crippen molar-refractivity contribution in [3.05, 3.63) is 0 Å². The lowest BCUT2D eigenvalue weighted by Gasteiger charge is -2.33. The molecule has 4 nitrogen and oxygen atoms in total. The van der Waals surface area contributed by atoms with E-state index < -0.39 is 5.54 Å². The van der Waals surface area contributed by atoms with Gasteiger partial charge in [-0.05, 0) is 57.7 Å². The monoisotopic (exact) mass is 262 g/mol. The van der Waals surface area contributed by atoms with Crippen LogP contribution in [0.5, 0.6) is 0 Å². The standard InChI is InChI=1S/C15H26N4/c16-11-15(17,13-4-5-13)12-18-9-6-14(10-18)19-7-2-1-3-8-19/h13-14H,1-10,12,17H2. The van der Waals surface area contributed by atoms with Crippen molar-refractivity contribution in [1.29, 1.82) is 5.26 Å². The molecular formula is C15H26N4. The zero-order valence-electron chi connectivity index (χ0n) is 11.9. The Bertz CT molecular complexity index is 354. The van der Waals surface area contributed by atoms with Crippen molar-refractivity contribution in [2.45, 2.75) is 50.1 Å². The molecular weight excluding hydrogens is 236 g/mol. The van der Waals surface area contributed by atoms with Crippen LogP contribution in [0.2, 0.25) is 0 Å². The van der Waals surface area contributed by atoms with Crippen LogP contribution in [-0.4, -0.2) is 54.1 Å². The first-order valence-electron chi connectivity index (χ1n) is 7.88. The van der Waals surface area contributed by atoms with E-state index >= 15 is 0 Å². The van der Waals surface area contributed by atoms with Crippen LogP contribution in [0.4, 0.5) is 0 Å². The lowest BCUT2D eigenvalue weighted by molar-refractivity contribution is 0.157. The van der Waals surface area contributed by atoms with Gasteiger partial charge in [0.25, 0.3) is 0 Å². The van der Waals surface area contributed by atoms with E-state index in [0.29, 0.717) is 12.0 Å². The number of hydrogen-bond acceptors (Lipinski definition) is 4. The summed E-state index contributed by atoms with van der Waals surface area (Å²) in [5, 5.41) is 9.36. The van der Waals surface area contributed by atoms with Crippen molar-refractivity contribution < 1.29 is 0 Å². The molecule has 2 aliphatic heterocycles. The lowest BCUT2D eigenvalue weighted by atomic mass is 9.96. The summed E-state index contributed by atoms with van der Waals surface area (Å²) in [6, 6.07) is 3.09. The summed E-state index contributed by atoms with van der Waals surface area (Å²) in [4.78, 5) is 5.09. The van der Waals surface area contributed by atoms with Gasteiger partial charge in [-0.25, -0.2) is 0 Å². The van der Waals surface area contributed by atoms with Gasteiger partial charge in [0.05, 0.1) is 6.07 Å². The minimum Gasteiger partial charge on any atom is -0.312 e. The minimum atomic E-state index is -0.587. The minimum absolute atomic E-state index is 0.450. The molecule has 2 saturated heterocycles. The van der Waals surface area contributed by atoms with E-state index in [0.717, 1.165) is 32.5 Å². The molecule has 3 rings (SSSR count). The molecule has 1 saturated carbocycles. The Hall–Kier alpha value is -0.630. The highest BCUT2D eigenvalue weighted by Crippen LogP contribution is 2.38. The molecule has 4 heteroatoms. The van der Waals surface area contributed by atoms with Crippen LogP contribution >= 0.6 is 0 Å². The van der Waals surface area contributed by atoms with Gasteiger partial charge in [0.1, 0.15) is 5.54 Å². The fourth-order valence-corrected chi connectivity index (χ4v) is 3.76. The van der Waals surface area contributed by atoms with E-state index in [1.165, 1.54) is 38.8 Å². The topological polar surface area (TPSA) is 56.3 Å². The fraction of sp³-hybridized carbons (Fsp3) is 0.933. The molecule has 3 aliphatic rings. The Morgan fingerprint density at radius 1 is 1.11 bits per heavy atom. The summed E-state index contributed by atoms with van der Waals surface area (Å²) in [5.74, 6) is 0.450. The van der Waals surface area contributed by atoms with Gasteiger partial charge in [0.15, 0.2) is 0 Å². The molecule has 19 heavy (non-hydrogen) atoms. The molecule has 2 unspecified atom stereocenters. The van der Waals surface area contributed by atoms with E-state index in [9.17, 15) is 5.26 Å². The van der Waals surface area contributed by atoms with Gasteiger partial charge in [0, 0.05) is 19.1 Å². The van der Waals surface area contributed by atoms with Gasteiger partial charge in [0.2, 0.25) is 0 Å². The maximum Gasteiger partial charge on any atom is 0.119 e. The van der Waals surface area contributed by atoms with Gasteiger partial charge >= 0.3 is 0 Å². The summed E-state index contributed by atoms with van der Waals surface area (Å²) < 4.78 is 0. The van der Waals surface area contributed by atoms with Gasteiger partial charge in [-0.15, -0.1) is 0 Å².